The van der Waals surface area contributed by atoms with Gasteiger partial charge in [0.05, 0.1) is 5.56 Å². The van der Waals surface area contributed by atoms with E-state index in [9.17, 15) is 4.79 Å². The molecule has 7 heteroatoms. The Morgan fingerprint density at radius 2 is 1.92 bits per heavy atom. The van der Waals surface area contributed by atoms with Crippen molar-refractivity contribution in [2.75, 3.05) is 31.1 Å². The van der Waals surface area contributed by atoms with Crippen LogP contribution in [0, 0.1) is 18.3 Å². The van der Waals surface area contributed by atoms with Crippen molar-refractivity contribution in [3.8, 4) is 6.07 Å². The number of nitrogens with zero attached hydrogens (tertiary/aromatic N) is 5. The minimum atomic E-state index is 0.0185. The van der Waals surface area contributed by atoms with E-state index >= 15 is 0 Å². The number of carbonyl (C=O) groups is 1. The smallest absolute Gasteiger partial charge is 0.255 e. The number of piperazine rings is 1. The summed E-state index contributed by atoms with van der Waals surface area (Å²) < 4.78 is 0.804. The maximum Gasteiger partial charge on any atom is 0.255 e. The largest absolute Gasteiger partial charge is 0.337 e. The van der Waals surface area contributed by atoms with Crippen LogP contribution in [0.1, 0.15) is 21.7 Å². The summed E-state index contributed by atoms with van der Waals surface area (Å²) in [5.41, 5.74) is 1.80. The topological polar surface area (TPSA) is 73.1 Å². The zero-order valence-corrected chi connectivity index (χ0v) is 14.8. The summed E-state index contributed by atoms with van der Waals surface area (Å²) in [4.78, 5) is 25.1. The number of halogens is 1. The number of hydrogen-bond donors (Lipinski definition) is 0. The van der Waals surface area contributed by atoms with Crippen LogP contribution in [0.5, 0.6) is 0 Å². The SMILES string of the molecule is Cc1cc(C#N)nc(N2CCN(C(=O)c3ccccc3Br)CC2)n1. The highest BCUT2D eigenvalue weighted by atomic mass is 79.9. The number of carbonyl (C=O) groups excluding carboxylic acids is 1. The Morgan fingerprint density at radius 3 is 2.58 bits per heavy atom. The summed E-state index contributed by atoms with van der Waals surface area (Å²) in [6.07, 6.45) is 0. The molecule has 0 atom stereocenters. The average Bonchev–Trinajstić information content (AvgIpc) is 2.61. The number of benzene rings is 1. The van der Waals surface area contributed by atoms with Gasteiger partial charge in [-0.05, 0) is 41.1 Å². The molecule has 0 unspecified atom stereocenters. The third-order valence-corrected chi connectivity index (χ3v) is 4.60. The van der Waals surface area contributed by atoms with Gasteiger partial charge in [0, 0.05) is 36.3 Å². The lowest BCUT2D eigenvalue weighted by Gasteiger charge is -2.35. The molecular weight excluding hydrogens is 370 g/mol. The van der Waals surface area contributed by atoms with Crippen molar-refractivity contribution in [2.45, 2.75) is 6.92 Å². The Bertz CT molecular complexity index is 809. The van der Waals surface area contributed by atoms with Crippen LogP contribution in [0.4, 0.5) is 5.95 Å². The maximum atomic E-state index is 12.6. The van der Waals surface area contributed by atoms with Gasteiger partial charge in [-0.1, -0.05) is 12.1 Å². The fraction of sp³-hybridized carbons (Fsp3) is 0.294. The monoisotopic (exact) mass is 385 g/mol. The van der Waals surface area contributed by atoms with Crippen molar-refractivity contribution >= 4 is 27.8 Å². The second-order valence-electron chi connectivity index (χ2n) is 5.57. The Hall–Kier alpha value is -2.46. The van der Waals surface area contributed by atoms with Crippen LogP contribution in [-0.4, -0.2) is 47.0 Å². The van der Waals surface area contributed by atoms with E-state index in [4.69, 9.17) is 5.26 Å². The fourth-order valence-corrected chi connectivity index (χ4v) is 3.12. The molecule has 6 nitrogen and oxygen atoms in total. The van der Waals surface area contributed by atoms with Crippen molar-refractivity contribution in [3.63, 3.8) is 0 Å². The van der Waals surface area contributed by atoms with Gasteiger partial charge in [-0.3, -0.25) is 4.79 Å². The minimum Gasteiger partial charge on any atom is -0.337 e. The van der Waals surface area contributed by atoms with Crippen LogP contribution in [-0.2, 0) is 0 Å². The lowest BCUT2D eigenvalue weighted by molar-refractivity contribution is 0.0745. The number of rotatable bonds is 2. The van der Waals surface area contributed by atoms with Gasteiger partial charge >= 0.3 is 0 Å². The first-order chi connectivity index (χ1) is 11.6. The quantitative estimate of drug-likeness (QED) is 0.793. The number of aromatic nitrogens is 2. The molecule has 1 aliphatic heterocycles. The number of anilines is 1. The van der Waals surface area contributed by atoms with Crippen LogP contribution in [0.25, 0.3) is 0 Å². The van der Waals surface area contributed by atoms with Gasteiger partial charge in [0.1, 0.15) is 11.8 Å². The van der Waals surface area contributed by atoms with E-state index in [1.54, 1.807) is 6.07 Å². The van der Waals surface area contributed by atoms with E-state index < -0.39 is 0 Å². The van der Waals surface area contributed by atoms with E-state index in [1.165, 1.54) is 0 Å². The van der Waals surface area contributed by atoms with Crippen LogP contribution < -0.4 is 4.90 Å². The second-order valence-corrected chi connectivity index (χ2v) is 6.42. The highest BCUT2D eigenvalue weighted by Gasteiger charge is 2.24. The minimum absolute atomic E-state index is 0.0185. The Labute approximate surface area is 148 Å². The van der Waals surface area contributed by atoms with Gasteiger partial charge in [0.15, 0.2) is 0 Å². The molecule has 2 heterocycles. The first kappa shape index (κ1) is 16.4. The molecule has 0 saturated carbocycles. The first-order valence-corrected chi connectivity index (χ1v) is 8.42. The molecule has 0 bridgehead atoms. The van der Waals surface area contributed by atoms with Gasteiger partial charge in [-0.25, -0.2) is 9.97 Å². The van der Waals surface area contributed by atoms with Gasteiger partial charge in [-0.15, -0.1) is 0 Å². The van der Waals surface area contributed by atoms with Crippen molar-refractivity contribution in [3.05, 3.63) is 51.8 Å². The van der Waals surface area contributed by atoms with Crippen LogP contribution >= 0.6 is 15.9 Å². The zero-order chi connectivity index (χ0) is 17.1. The van der Waals surface area contributed by atoms with E-state index in [1.807, 2.05) is 41.0 Å². The highest BCUT2D eigenvalue weighted by molar-refractivity contribution is 9.10. The zero-order valence-electron chi connectivity index (χ0n) is 13.2. The van der Waals surface area contributed by atoms with Crippen LogP contribution in [0.2, 0.25) is 0 Å². The van der Waals surface area contributed by atoms with E-state index in [-0.39, 0.29) is 5.91 Å². The number of hydrogen-bond acceptors (Lipinski definition) is 5. The van der Waals surface area contributed by atoms with Gasteiger partial charge in [0.2, 0.25) is 5.95 Å². The fourth-order valence-electron chi connectivity index (χ4n) is 2.67. The molecular formula is C17H16BrN5O. The van der Waals surface area contributed by atoms with Gasteiger partial charge in [-0.2, -0.15) is 5.26 Å². The summed E-state index contributed by atoms with van der Waals surface area (Å²) in [6.45, 7) is 4.33. The highest BCUT2D eigenvalue weighted by Crippen LogP contribution is 2.20. The molecule has 0 spiro atoms. The number of amides is 1. The molecule has 1 saturated heterocycles. The van der Waals surface area contributed by atoms with Crippen LogP contribution in [0.15, 0.2) is 34.8 Å². The summed E-state index contributed by atoms with van der Waals surface area (Å²) in [7, 11) is 0. The standard InChI is InChI=1S/C17H16BrN5O/c1-12-10-13(11-19)21-17(20-12)23-8-6-22(7-9-23)16(24)14-4-2-3-5-15(14)18/h2-5,10H,6-9H2,1H3. The molecule has 24 heavy (non-hydrogen) atoms. The molecule has 1 aliphatic rings. The molecule has 1 aromatic heterocycles. The lowest BCUT2D eigenvalue weighted by Crippen LogP contribution is -2.49. The Balaban J connectivity index is 1.70. The molecule has 0 N–H and O–H groups in total. The van der Waals surface area contributed by atoms with Crippen LogP contribution in [0.3, 0.4) is 0 Å². The average molecular weight is 386 g/mol. The molecule has 2 aromatic rings. The lowest BCUT2D eigenvalue weighted by atomic mass is 10.2. The van der Waals surface area contributed by atoms with Crippen molar-refractivity contribution < 1.29 is 4.79 Å². The Morgan fingerprint density at radius 1 is 1.21 bits per heavy atom. The predicted molar refractivity (Wildman–Crippen MR) is 93.7 cm³/mol. The van der Waals surface area contributed by atoms with E-state index in [0.29, 0.717) is 43.4 Å². The van der Waals surface area contributed by atoms with Gasteiger partial charge in [0.25, 0.3) is 5.91 Å². The Kier molecular flexibility index (Phi) is 4.76. The van der Waals surface area contributed by atoms with Gasteiger partial charge < -0.3 is 9.80 Å². The molecule has 3 rings (SSSR count). The first-order valence-electron chi connectivity index (χ1n) is 7.63. The molecule has 1 amide bonds. The molecule has 0 aliphatic carbocycles. The maximum absolute atomic E-state index is 12.6. The number of aryl methyl sites for hydroxylation is 1. The second kappa shape index (κ2) is 6.97. The van der Waals surface area contributed by atoms with Crippen molar-refractivity contribution in [1.82, 2.24) is 14.9 Å². The number of nitriles is 1. The predicted octanol–water partition coefficient (Wildman–Crippen LogP) is 2.38. The van der Waals surface area contributed by atoms with E-state index in [2.05, 4.69) is 32.0 Å². The van der Waals surface area contributed by atoms with E-state index in [0.717, 1.165) is 10.2 Å². The molecule has 122 valence electrons. The third kappa shape index (κ3) is 3.39. The van der Waals surface area contributed by atoms with Crippen molar-refractivity contribution in [1.29, 1.82) is 5.26 Å². The normalized spacial score (nSPS) is 14.4. The summed E-state index contributed by atoms with van der Waals surface area (Å²) in [5, 5.41) is 9.04. The molecule has 1 aromatic carbocycles. The summed E-state index contributed by atoms with van der Waals surface area (Å²) in [6, 6.07) is 11.2. The summed E-state index contributed by atoms with van der Waals surface area (Å²) >= 11 is 3.43. The summed E-state index contributed by atoms with van der Waals surface area (Å²) in [5.74, 6) is 0.574. The molecule has 0 radical (unpaired) electrons. The molecule has 1 fully saturated rings. The van der Waals surface area contributed by atoms with Crippen molar-refractivity contribution in [2.24, 2.45) is 0 Å². The third-order valence-electron chi connectivity index (χ3n) is 3.91.